The Labute approximate surface area is 151 Å². The molecule has 138 valence electrons. The van der Waals surface area contributed by atoms with Gasteiger partial charge in [0.15, 0.2) is 0 Å². The highest BCUT2D eigenvalue weighted by Gasteiger charge is 2.13. The molecule has 0 atom stereocenters. The minimum atomic E-state index is -0.0554. The zero-order chi connectivity index (χ0) is 17.9. The summed E-state index contributed by atoms with van der Waals surface area (Å²) in [5.41, 5.74) is 4.36. The van der Waals surface area contributed by atoms with Crippen molar-refractivity contribution in [2.24, 2.45) is 11.0 Å². The first-order chi connectivity index (χ1) is 12.1. The Hall–Kier alpha value is -1.91. The number of nitrogens with zero attached hydrogens (tertiary/aromatic N) is 2. The fraction of sp³-hybridized carbons (Fsp3) is 0.650. The molecular formula is C20H32N4O. The van der Waals surface area contributed by atoms with E-state index in [9.17, 15) is 4.79 Å². The average Bonchev–Trinajstić information content (AvgIpc) is 3.13. The second-order valence-electron chi connectivity index (χ2n) is 7.21. The summed E-state index contributed by atoms with van der Waals surface area (Å²) < 4.78 is 0. The van der Waals surface area contributed by atoms with Gasteiger partial charge in [-0.1, -0.05) is 51.4 Å². The Morgan fingerprint density at radius 2 is 1.92 bits per heavy atom. The van der Waals surface area contributed by atoms with Crippen LogP contribution in [0.3, 0.4) is 0 Å². The van der Waals surface area contributed by atoms with Crippen molar-refractivity contribution < 1.29 is 4.79 Å². The van der Waals surface area contributed by atoms with Gasteiger partial charge in [-0.05, 0) is 38.3 Å². The number of hydrogen-bond acceptors (Lipinski definition) is 4. The first-order valence-electron chi connectivity index (χ1n) is 9.66. The zero-order valence-electron chi connectivity index (χ0n) is 15.7. The van der Waals surface area contributed by atoms with Crippen LogP contribution in [0.5, 0.6) is 0 Å². The number of aromatic nitrogens is 1. The number of rotatable bonds is 10. The summed E-state index contributed by atoms with van der Waals surface area (Å²) in [6.07, 6.45) is 13.6. The molecule has 1 heterocycles. The molecule has 0 unspecified atom stereocenters. The van der Waals surface area contributed by atoms with Gasteiger partial charge in [0.2, 0.25) is 0 Å². The highest BCUT2D eigenvalue weighted by Crippen LogP contribution is 2.29. The average molecular weight is 345 g/mol. The fourth-order valence-corrected chi connectivity index (χ4v) is 3.28. The van der Waals surface area contributed by atoms with Crippen LogP contribution in [0.4, 0.5) is 5.82 Å². The van der Waals surface area contributed by atoms with Gasteiger partial charge in [0.25, 0.3) is 5.91 Å². The van der Waals surface area contributed by atoms with Gasteiger partial charge in [-0.2, -0.15) is 5.10 Å². The van der Waals surface area contributed by atoms with E-state index in [0.29, 0.717) is 11.4 Å². The summed E-state index contributed by atoms with van der Waals surface area (Å²) in [5, 5.41) is 7.06. The molecule has 1 aromatic heterocycles. The van der Waals surface area contributed by atoms with E-state index in [2.05, 4.69) is 20.8 Å². The number of unbranched alkanes of at least 4 members (excludes halogenated alkanes) is 3. The zero-order valence-corrected chi connectivity index (χ0v) is 15.7. The molecule has 0 aromatic carbocycles. The molecule has 1 aliphatic rings. The molecule has 1 amide bonds. The van der Waals surface area contributed by atoms with Gasteiger partial charge in [-0.15, -0.1) is 0 Å². The van der Waals surface area contributed by atoms with Crippen LogP contribution in [0.15, 0.2) is 23.4 Å². The molecule has 2 N–H and O–H groups in total. The number of hydrogen-bond donors (Lipinski definition) is 2. The minimum absolute atomic E-state index is 0.0554. The fourth-order valence-electron chi connectivity index (χ4n) is 3.28. The number of carbonyl (C=O) groups excluding carboxylic acids is 1. The lowest BCUT2D eigenvalue weighted by Crippen LogP contribution is -2.24. The van der Waals surface area contributed by atoms with Gasteiger partial charge < -0.3 is 5.32 Å². The van der Waals surface area contributed by atoms with Crippen molar-refractivity contribution in [2.45, 2.75) is 71.6 Å². The lowest BCUT2D eigenvalue weighted by atomic mass is 9.99. The van der Waals surface area contributed by atoms with E-state index in [1.165, 1.54) is 51.4 Å². The Balaban J connectivity index is 1.56. The topological polar surface area (TPSA) is 66.4 Å². The maximum absolute atomic E-state index is 12.1. The highest BCUT2D eigenvalue weighted by molar-refractivity contribution is 5.94. The Kier molecular flexibility index (Phi) is 8.43. The quantitative estimate of drug-likeness (QED) is 0.365. The molecule has 0 spiro atoms. The van der Waals surface area contributed by atoms with Crippen molar-refractivity contribution in [1.82, 2.24) is 10.3 Å². The SMILES string of the molecule is CC(C)=NNc1ccc(C(=O)NCCCCCCC2CCCC2)cn1. The van der Waals surface area contributed by atoms with Gasteiger partial charge in [0, 0.05) is 18.5 Å². The lowest BCUT2D eigenvalue weighted by molar-refractivity contribution is 0.0952. The standard InChI is InChI=1S/C20H32N4O/c1-16(2)23-24-19-13-12-18(15-22-19)20(25)21-14-8-4-3-5-9-17-10-6-7-11-17/h12-13,15,17H,3-11,14H2,1-2H3,(H,21,25)(H,22,24). The molecule has 1 saturated carbocycles. The molecule has 2 rings (SSSR count). The van der Waals surface area contributed by atoms with Crippen molar-refractivity contribution in [2.75, 3.05) is 12.0 Å². The van der Waals surface area contributed by atoms with Crippen molar-refractivity contribution in [3.05, 3.63) is 23.9 Å². The Morgan fingerprint density at radius 1 is 1.16 bits per heavy atom. The largest absolute Gasteiger partial charge is 0.352 e. The maximum Gasteiger partial charge on any atom is 0.252 e. The maximum atomic E-state index is 12.1. The molecule has 0 aliphatic heterocycles. The summed E-state index contributed by atoms with van der Waals surface area (Å²) in [6, 6.07) is 3.54. The van der Waals surface area contributed by atoms with E-state index < -0.39 is 0 Å². The molecule has 1 aliphatic carbocycles. The summed E-state index contributed by atoms with van der Waals surface area (Å²) in [6.45, 7) is 4.55. The minimum Gasteiger partial charge on any atom is -0.352 e. The van der Waals surface area contributed by atoms with Crippen LogP contribution in [0.1, 0.15) is 82.0 Å². The van der Waals surface area contributed by atoms with Crippen LogP contribution in [-0.2, 0) is 0 Å². The van der Waals surface area contributed by atoms with Crippen molar-refractivity contribution in [3.63, 3.8) is 0 Å². The predicted molar refractivity (Wildman–Crippen MR) is 104 cm³/mol. The summed E-state index contributed by atoms with van der Waals surface area (Å²) in [7, 11) is 0. The first-order valence-corrected chi connectivity index (χ1v) is 9.66. The second kappa shape index (κ2) is 10.9. The third-order valence-electron chi connectivity index (χ3n) is 4.72. The third kappa shape index (κ3) is 7.67. The molecule has 25 heavy (non-hydrogen) atoms. The smallest absolute Gasteiger partial charge is 0.252 e. The van der Waals surface area contributed by atoms with Gasteiger partial charge in [0.05, 0.1) is 5.56 Å². The number of carbonyl (C=O) groups is 1. The number of anilines is 1. The Morgan fingerprint density at radius 3 is 2.60 bits per heavy atom. The highest BCUT2D eigenvalue weighted by atomic mass is 16.1. The van der Waals surface area contributed by atoms with E-state index in [1.54, 1.807) is 18.3 Å². The van der Waals surface area contributed by atoms with Crippen LogP contribution >= 0.6 is 0 Å². The number of hydrazone groups is 1. The first kappa shape index (κ1) is 19.4. The molecule has 0 radical (unpaired) electrons. The summed E-state index contributed by atoms with van der Waals surface area (Å²) >= 11 is 0. The van der Waals surface area contributed by atoms with Crippen molar-refractivity contribution in [3.8, 4) is 0 Å². The molecule has 1 fully saturated rings. The molecule has 5 nitrogen and oxygen atoms in total. The van der Waals surface area contributed by atoms with E-state index in [-0.39, 0.29) is 5.91 Å². The molecular weight excluding hydrogens is 312 g/mol. The molecule has 0 saturated heterocycles. The van der Waals surface area contributed by atoms with E-state index in [1.807, 2.05) is 13.8 Å². The van der Waals surface area contributed by atoms with Gasteiger partial charge in [-0.25, -0.2) is 4.98 Å². The molecule has 0 bridgehead atoms. The van der Waals surface area contributed by atoms with Crippen LogP contribution in [-0.4, -0.2) is 23.1 Å². The van der Waals surface area contributed by atoms with Crippen molar-refractivity contribution in [1.29, 1.82) is 0 Å². The number of amides is 1. The molecule has 5 heteroatoms. The second-order valence-corrected chi connectivity index (χ2v) is 7.21. The third-order valence-corrected chi connectivity index (χ3v) is 4.72. The van der Waals surface area contributed by atoms with Crippen LogP contribution in [0.25, 0.3) is 0 Å². The Bertz CT molecular complexity index is 543. The number of nitrogens with one attached hydrogen (secondary N) is 2. The van der Waals surface area contributed by atoms with Crippen molar-refractivity contribution >= 4 is 17.4 Å². The molecule has 1 aromatic rings. The van der Waals surface area contributed by atoms with Gasteiger partial charge >= 0.3 is 0 Å². The van der Waals surface area contributed by atoms with Gasteiger partial charge in [-0.3, -0.25) is 10.2 Å². The van der Waals surface area contributed by atoms with Crippen LogP contribution < -0.4 is 10.7 Å². The van der Waals surface area contributed by atoms with E-state index in [0.717, 1.165) is 24.6 Å². The van der Waals surface area contributed by atoms with Crippen LogP contribution in [0, 0.1) is 5.92 Å². The number of pyridine rings is 1. The summed E-state index contributed by atoms with van der Waals surface area (Å²) in [4.78, 5) is 16.3. The van der Waals surface area contributed by atoms with E-state index >= 15 is 0 Å². The van der Waals surface area contributed by atoms with Gasteiger partial charge in [0.1, 0.15) is 5.82 Å². The summed E-state index contributed by atoms with van der Waals surface area (Å²) in [5.74, 6) is 1.58. The monoisotopic (exact) mass is 344 g/mol. The normalized spacial score (nSPS) is 14.3. The van der Waals surface area contributed by atoms with E-state index in [4.69, 9.17) is 0 Å². The van der Waals surface area contributed by atoms with Crippen LogP contribution in [0.2, 0.25) is 0 Å². The lowest BCUT2D eigenvalue weighted by Gasteiger charge is -2.08. The predicted octanol–water partition coefficient (Wildman–Crippen LogP) is 4.76.